The Bertz CT molecular complexity index is 623. The fourth-order valence-corrected chi connectivity index (χ4v) is 2.29. The van der Waals surface area contributed by atoms with Crippen LogP contribution in [0.5, 0.6) is 5.75 Å². The fourth-order valence-electron chi connectivity index (χ4n) is 1.43. The summed E-state index contributed by atoms with van der Waals surface area (Å²) < 4.78 is 10.4. The van der Waals surface area contributed by atoms with Crippen molar-refractivity contribution in [2.75, 3.05) is 20.8 Å². The minimum atomic E-state index is -0.504. The number of thiazole rings is 1. The monoisotopic (exact) mass is 280 g/mol. The zero-order chi connectivity index (χ0) is 13.8. The number of carbonyl (C=O) groups excluding carboxylic acids is 2. The van der Waals surface area contributed by atoms with E-state index >= 15 is 0 Å². The van der Waals surface area contributed by atoms with Crippen LogP contribution in [0.25, 0.3) is 10.2 Å². The Morgan fingerprint density at radius 3 is 2.84 bits per heavy atom. The molecule has 6 nitrogen and oxygen atoms in total. The minimum Gasteiger partial charge on any atom is -0.497 e. The minimum absolute atomic E-state index is 0.172. The number of esters is 1. The molecule has 7 heteroatoms. The van der Waals surface area contributed by atoms with Crippen molar-refractivity contribution in [3.63, 3.8) is 0 Å². The highest BCUT2D eigenvalue weighted by Gasteiger charge is 2.13. The van der Waals surface area contributed by atoms with Gasteiger partial charge in [-0.1, -0.05) is 0 Å². The van der Waals surface area contributed by atoms with Crippen molar-refractivity contribution in [1.82, 2.24) is 10.3 Å². The molecule has 19 heavy (non-hydrogen) atoms. The van der Waals surface area contributed by atoms with E-state index in [1.54, 1.807) is 19.2 Å². The Kier molecular flexibility index (Phi) is 3.96. The summed E-state index contributed by atoms with van der Waals surface area (Å²) in [5.41, 5.74) is 0.688. The van der Waals surface area contributed by atoms with Crippen LogP contribution < -0.4 is 10.1 Å². The van der Waals surface area contributed by atoms with E-state index in [0.717, 1.165) is 4.70 Å². The van der Waals surface area contributed by atoms with Crippen LogP contribution in [0.2, 0.25) is 0 Å². The summed E-state index contributed by atoms with van der Waals surface area (Å²) in [6.45, 7) is -0.172. The molecule has 2 rings (SSSR count). The van der Waals surface area contributed by atoms with E-state index in [0.29, 0.717) is 16.3 Å². The maximum atomic E-state index is 11.8. The summed E-state index contributed by atoms with van der Waals surface area (Å²) in [5.74, 6) is -0.221. The van der Waals surface area contributed by atoms with Crippen LogP contribution in [0.15, 0.2) is 18.2 Å². The van der Waals surface area contributed by atoms with Gasteiger partial charge in [-0.15, -0.1) is 11.3 Å². The molecule has 0 saturated heterocycles. The van der Waals surface area contributed by atoms with Gasteiger partial charge in [0.05, 0.1) is 24.4 Å². The predicted molar refractivity (Wildman–Crippen MR) is 70.5 cm³/mol. The standard InChI is InChI=1S/C12H12N2O4S/c1-17-7-3-4-9-8(5-7)14-12(19-9)11(16)13-6-10(15)18-2/h3-5H,6H2,1-2H3,(H,13,16). The molecule has 0 bridgehead atoms. The third-order valence-electron chi connectivity index (χ3n) is 2.41. The van der Waals surface area contributed by atoms with Gasteiger partial charge in [0.1, 0.15) is 12.3 Å². The second kappa shape index (κ2) is 5.66. The van der Waals surface area contributed by atoms with Crippen molar-refractivity contribution in [2.24, 2.45) is 0 Å². The van der Waals surface area contributed by atoms with Crippen molar-refractivity contribution in [3.05, 3.63) is 23.2 Å². The number of nitrogens with zero attached hydrogens (tertiary/aromatic N) is 1. The fraction of sp³-hybridized carbons (Fsp3) is 0.250. The van der Waals surface area contributed by atoms with Crippen molar-refractivity contribution in [1.29, 1.82) is 0 Å². The van der Waals surface area contributed by atoms with E-state index in [1.165, 1.54) is 18.4 Å². The van der Waals surface area contributed by atoms with E-state index < -0.39 is 11.9 Å². The largest absolute Gasteiger partial charge is 0.497 e. The van der Waals surface area contributed by atoms with Crippen LogP contribution >= 0.6 is 11.3 Å². The summed E-state index contributed by atoms with van der Waals surface area (Å²) in [7, 11) is 2.83. The van der Waals surface area contributed by atoms with E-state index in [1.807, 2.05) is 6.07 Å². The van der Waals surface area contributed by atoms with Gasteiger partial charge in [-0.3, -0.25) is 9.59 Å². The molecule has 1 aromatic heterocycles. The number of rotatable bonds is 4. The zero-order valence-corrected chi connectivity index (χ0v) is 11.2. The van der Waals surface area contributed by atoms with Gasteiger partial charge in [0.25, 0.3) is 5.91 Å². The van der Waals surface area contributed by atoms with Crippen LogP contribution in [0.3, 0.4) is 0 Å². The number of hydrogen-bond donors (Lipinski definition) is 1. The molecule has 1 heterocycles. The number of methoxy groups -OCH3 is 2. The first kappa shape index (κ1) is 13.3. The Morgan fingerprint density at radius 1 is 1.37 bits per heavy atom. The number of ether oxygens (including phenoxy) is 2. The number of nitrogens with one attached hydrogen (secondary N) is 1. The zero-order valence-electron chi connectivity index (χ0n) is 10.4. The average molecular weight is 280 g/mol. The summed E-state index contributed by atoms with van der Waals surface area (Å²) >= 11 is 1.25. The Hall–Kier alpha value is -2.15. The van der Waals surface area contributed by atoms with Gasteiger partial charge in [-0.2, -0.15) is 0 Å². The molecular formula is C12H12N2O4S. The Morgan fingerprint density at radius 2 is 2.16 bits per heavy atom. The number of fused-ring (bicyclic) bond motifs is 1. The molecule has 0 aliphatic carbocycles. The van der Waals surface area contributed by atoms with Crippen LogP contribution in [0.4, 0.5) is 0 Å². The lowest BCUT2D eigenvalue weighted by Gasteiger charge is -2.00. The van der Waals surface area contributed by atoms with Gasteiger partial charge in [0, 0.05) is 6.07 Å². The van der Waals surface area contributed by atoms with E-state index in [4.69, 9.17) is 4.74 Å². The first-order valence-electron chi connectivity index (χ1n) is 5.43. The average Bonchev–Trinajstić information content (AvgIpc) is 2.86. The molecule has 0 fully saturated rings. The first-order chi connectivity index (χ1) is 9.13. The molecular weight excluding hydrogens is 268 g/mol. The van der Waals surface area contributed by atoms with Crippen molar-refractivity contribution in [3.8, 4) is 5.75 Å². The molecule has 0 saturated carbocycles. The van der Waals surface area contributed by atoms with Gasteiger partial charge in [0.2, 0.25) is 0 Å². The number of carbonyl (C=O) groups is 2. The summed E-state index contributed by atoms with van der Waals surface area (Å²) in [6.07, 6.45) is 0. The lowest BCUT2D eigenvalue weighted by Crippen LogP contribution is -2.29. The molecule has 0 aliphatic rings. The molecule has 0 atom stereocenters. The van der Waals surface area contributed by atoms with Crippen molar-refractivity contribution in [2.45, 2.75) is 0 Å². The van der Waals surface area contributed by atoms with Gasteiger partial charge >= 0.3 is 5.97 Å². The third kappa shape index (κ3) is 3.00. The summed E-state index contributed by atoms with van der Waals surface area (Å²) in [4.78, 5) is 26.9. The topological polar surface area (TPSA) is 77.5 Å². The molecule has 1 N–H and O–H groups in total. The maximum absolute atomic E-state index is 11.8. The highest BCUT2D eigenvalue weighted by Crippen LogP contribution is 2.25. The highest BCUT2D eigenvalue weighted by molar-refractivity contribution is 7.20. The number of benzene rings is 1. The molecule has 2 aromatic rings. The molecule has 0 spiro atoms. The molecule has 1 amide bonds. The van der Waals surface area contributed by atoms with Crippen LogP contribution in [0, 0.1) is 0 Å². The summed E-state index contributed by atoms with van der Waals surface area (Å²) in [5, 5.41) is 2.74. The smallest absolute Gasteiger partial charge is 0.325 e. The molecule has 100 valence electrons. The lowest BCUT2D eigenvalue weighted by atomic mass is 10.3. The predicted octanol–water partition coefficient (Wildman–Crippen LogP) is 1.21. The van der Waals surface area contributed by atoms with Crippen LogP contribution in [-0.2, 0) is 9.53 Å². The highest BCUT2D eigenvalue weighted by atomic mass is 32.1. The molecule has 0 radical (unpaired) electrons. The Labute approximate surface area is 113 Å². The first-order valence-corrected chi connectivity index (χ1v) is 6.25. The molecule has 1 aromatic carbocycles. The van der Waals surface area contributed by atoms with Crippen molar-refractivity contribution < 1.29 is 19.1 Å². The Balaban J connectivity index is 2.16. The SMILES string of the molecule is COC(=O)CNC(=O)c1nc2cc(OC)ccc2s1. The quantitative estimate of drug-likeness (QED) is 0.852. The summed E-state index contributed by atoms with van der Waals surface area (Å²) in [6, 6.07) is 5.39. The van der Waals surface area contributed by atoms with E-state index in [2.05, 4.69) is 15.0 Å². The normalized spacial score (nSPS) is 10.2. The molecule has 0 aliphatic heterocycles. The van der Waals surface area contributed by atoms with Gasteiger partial charge in [-0.05, 0) is 12.1 Å². The number of amides is 1. The van der Waals surface area contributed by atoms with E-state index in [9.17, 15) is 9.59 Å². The maximum Gasteiger partial charge on any atom is 0.325 e. The number of hydrogen-bond acceptors (Lipinski definition) is 6. The van der Waals surface area contributed by atoms with Crippen molar-refractivity contribution >= 4 is 33.4 Å². The van der Waals surface area contributed by atoms with Gasteiger partial charge in [-0.25, -0.2) is 4.98 Å². The molecule has 0 unspecified atom stereocenters. The lowest BCUT2D eigenvalue weighted by molar-refractivity contribution is -0.139. The van der Waals surface area contributed by atoms with E-state index in [-0.39, 0.29) is 6.54 Å². The second-order valence-electron chi connectivity index (χ2n) is 3.61. The number of aromatic nitrogens is 1. The van der Waals surface area contributed by atoms with Gasteiger partial charge in [0.15, 0.2) is 5.01 Å². The second-order valence-corrected chi connectivity index (χ2v) is 4.64. The van der Waals surface area contributed by atoms with Crippen LogP contribution in [-0.4, -0.2) is 37.6 Å². The van der Waals surface area contributed by atoms with Crippen LogP contribution in [0.1, 0.15) is 9.80 Å². The van der Waals surface area contributed by atoms with Gasteiger partial charge < -0.3 is 14.8 Å². The third-order valence-corrected chi connectivity index (χ3v) is 3.45.